The van der Waals surface area contributed by atoms with Crippen molar-refractivity contribution in [3.63, 3.8) is 0 Å². The molecule has 0 rings (SSSR count). The van der Waals surface area contributed by atoms with Crippen molar-refractivity contribution in [2.75, 3.05) is 6.54 Å². The molecule has 0 radical (unpaired) electrons. The van der Waals surface area contributed by atoms with Gasteiger partial charge >= 0.3 is 0 Å². The van der Waals surface area contributed by atoms with Crippen molar-refractivity contribution in [3.8, 4) is 0 Å². The summed E-state index contributed by atoms with van der Waals surface area (Å²) in [7, 11) is 0. The second-order valence-corrected chi connectivity index (χ2v) is 7.27. The van der Waals surface area contributed by atoms with Crippen molar-refractivity contribution < 1.29 is 10.0 Å². The maximum atomic E-state index is 10.8. The van der Waals surface area contributed by atoms with Gasteiger partial charge in [-0.3, -0.25) is 10.0 Å². The number of amides is 1. The van der Waals surface area contributed by atoms with Crippen LogP contribution in [-0.2, 0) is 4.79 Å². The van der Waals surface area contributed by atoms with Crippen LogP contribution in [0.5, 0.6) is 0 Å². The second-order valence-electron chi connectivity index (χ2n) is 6.11. The highest BCUT2D eigenvalue weighted by molar-refractivity contribution is 8.11. The van der Waals surface area contributed by atoms with Gasteiger partial charge in [0, 0.05) is 13.0 Å². The summed E-state index contributed by atoms with van der Waals surface area (Å²) >= 11 is 8.87. The summed E-state index contributed by atoms with van der Waals surface area (Å²) < 4.78 is 0.598. The quantitative estimate of drug-likeness (QED) is 0.105. The number of hydroxylamine groups is 1. The minimum Gasteiger partial charge on any atom is -0.371 e. The smallest absolute Gasteiger partial charge is 0.243 e. The molecule has 0 aromatic rings. The molecule has 23 heavy (non-hydrogen) atoms. The molecule has 0 aliphatic heterocycles. The van der Waals surface area contributed by atoms with Crippen LogP contribution in [0.2, 0.25) is 0 Å². The van der Waals surface area contributed by atoms with Crippen LogP contribution in [0.4, 0.5) is 0 Å². The first-order valence-corrected chi connectivity index (χ1v) is 9.92. The van der Waals surface area contributed by atoms with Crippen LogP contribution in [0, 0.1) is 0 Å². The lowest BCUT2D eigenvalue weighted by atomic mass is 10.0. The molecule has 4 nitrogen and oxygen atoms in total. The van der Waals surface area contributed by atoms with E-state index in [1.54, 1.807) is 5.48 Å². The maximum absolute atomic E-state index is 10.8. The summed E-state index contributed by atoms with van der Waals surface area (Å²) in [5, 5.41) is 11.4. The van der Waals surface area contributed by atoms with E-state index in [0.717, 1.165) is 19.4 Å². The van der Waals surface area contributed by atoms with Gasteiger partial charge in [0.25, 0.3) is 0 Å². The second kappa shape index (κ2) is 18.0. The van der Waals surface area contributed by atoms with E-state index in [4.69, 9.17) is 17.4 Å². The summed E-state index contributed by atoms with van der Waals surface area (Å²) in [5.74, 6) is -0.272. The third-order valence-corrected chi connectivity index (χ3v) is 4.28. The first-order chi connectivity index (χ1) is 11.2. The van der Waals surface area contributed by atoms with E-state index in [-0.39, 0.29) is 5.91 Å². The fraction of sp³-hybridized carbons (Fsp3) is 0.882. The summed E-state index contributed by atoms with van der Waals surface area (Å²) in [6.07, 6.45) is 16.7. The normalized spacial score (nSPS) is 10.5. The number of thiocarbonyl (C=S) groups is 1. The molecule has 6 heteroatoms. The predicted octanol–water partition coefficient (Wildman–Crippen LogP) is 4.76. The van der Waals surface area contributed by atoms with Crippen LogP contribution in [0.1, 0.15) is 89.9 Å². The van der Waals surface area contributed by atoms with Crippen molar-refractivity contribution in [3.05, 3.63) is 0 Å². The number of hydrogen-bond acceptors (Lipinski definition) is 3. The van der Waals surface area contributed by atoms with Crippen LogP contribution in [0.25, 0.3) is 0 Å². The molecule has 0 saturated carbocycles. The fourth-order valence-corrected chi connectivity index (χ4v) is 2.82. The van der Waals surface area contributed by atoms with Crippen molar-refractivity contribution in [1.82, 2.24) is 10.8 Å². The molecule has 0 aliphatic carbocycles. The van der Waals surface area contributed by atoms with Gasteiger partial charge in [-0.25, -0.2) is 5.48 Å². The Kier molecular flexibility index (Phi) is 17.8. The third kappa shape index (κ3) is 19.6. The number of carbonyl (C=O) groups excluding carboxylic acids is 1. The molecule has 0 bridgehead atoms. The predicted molar refractivity (Wildman–Crippen MR) is 104 cm³/mol. The Balaban J connectivity index is 3.02. The van der Waals surface area contributed by atoms with Crippen LogP contribution >= 0.6 is 24.8 Å². The minimum atomic E-state index is -0.272. The van der Waals surface area contributed by atoms with Gasteiger partial charge in [0.05, 0.1) is 0 Å². The molecule has 0 fully saturated rings. The Morgan fingerprint density at radius 1 is 0.783 bits per heavy atom. The van der Waals surface area contributed by atoms with E-state index in [0.29, 0.717) is 10.7 Å². The fourth-order valence-electron chi connectivity index (χ4n) is 2.61. The summed E-state index contributed by atoms with van der Waals surface area (Å²) in [6.45, 7) is 0.951. The molecular weight excluding hydrogens is 328 g/mol. The van der Waals surface area contributed by atoms with Gasteiger partial charge in [0.2, 0.25) is 5.91 Å². The molecule has 3 N–H and O–H groups in total. The van der Waals surface area contributed by atoms with Crippen LogP contribution < -0.4 is 10.8 Å². The Bertz CT molecular complexity index is 302. The Morgan fingerprint density at radius 3 is 1.57 bits per heavy atom. The van der Waals surface area contributed by atoms with Crippen LogP contribution in [-0.4, -0.2) is 22.0 Å². The molecule has 0 heterocycles. The van der Waals surface area contributed by atoms with Gasteiger partial charge < -0.3 is 5.32 Å². The zero-order valence-electron chi connectivity index (χ0n) is 14.3. The molecule has 0 atom stereocenters. The van der Waals surface area contributed by atoms with Crippen molar-refractivity contribution in [2.24, 2.45) is 0 Å². The van der Waals surface area contributed by atoms with Gasteiger partial charge in [-0.05, 0) is 12.8 Å². The minimum absolute atomic E-state index is 0.272. The van der Waals surface area contributed by atoms with E-state index in [2.05, 4.69) is 17.9 Å². The van der Waals surface area contributed by atoms with E-state index >= 15 is 0 Å². The lowest BCUT2D eigenvalue weighted by Crippen LogP contribution is -2.17. The molecular formula is C17H34N2O2S2. The molecule has 136 valence electrons. The van der Waals surface area contributed by atoms with E-state index in [1.807, 2.05) is 0 Å². The highest BCUT2D eigenvalue weighted by Gasteiger charge is 1.98. The highest BCUT2D eigenvalue weighted by atomic mass is 32.1. The van der Waals surface area contributed by atoms with Crippen LogP contribution in [0.15, 0.2) is 0 Å². The summed E-state index contributed by atoms with van der Waals surface area (Å²) in [6, 6.07) is 0. The van der Waals surface area contributed by atoms with E-state index in [9.17, 15) is 4.79 Å². The van der Waals surface area contributed by atoms with Gasteiger partial charge in [0.1, 0.15) is 4.32 Å². The lowest BCUT2D eigenvalue weighted by Gasteiger charge is -2.04. The number of unbranched alkanes of at least 4 members (excludes halogenated alkanes) is 12. The van der Waals surface area contributed by atoms with Crippen LogP contribution in [0.3, 0.4) is 0 Å². The van der Waals surface area contributed by atoms with Crippen molar-refractivity contribution in [1.29, 1.82) is 0 Å². The lowest BCUT2D eigenvalue weighted by molar-refractivity contribution is -0.129. The zero-order valence-corrected chi connectivity index (χ0v) is 16.0. The standard InChI is InChI=1S/C17H34N2O2S2/c20-16(19-21)14-12-10-8-6-4-2-1-3-5-7-9-11-13-15-18-17(22)23/h21H,1-15H2,(H,19,20)(H2,18,22,23). The molecule has 0 spiro atoms. The number of nitrogens with one attached hydrogen (secondary N) is 2. The zero-order chi connectivity index (χ0) is 17.2. The average molecular weight is 363 g/mol. The van der Waals surface area contributed by atoms with Gasteiger partial charge in [0.15, 0.2) is 0 Å². The largest absolute Gasteiger partial charge is 0.371 e. The van der Waals surface area contributed by atoms with Gasteiger partial charge in [-0.15, -0.1) is 12.6 Å². The first-order valence-electron chi connectivity index (χ1n) is 9.06. The monoisotopic (exact) mass is 362 g/mol. The molecule has 0 aliphatic rings. The van der Waals surface area contributed by atoms with E-state index < -0.39 is 0 Å². The van der Waals surface area contributed by atoms with E-state index in [1.165, 1.54) is 70.6 Å². The average Bonchev–Trinajstić information content (AvgIpc) is 2.53. The number of hydrogen-bond donors (Lipinski definition) is 4. The molecule has 0 unspecified atom stereocenters. The molecule has 0 saturated heterocycles. The Morgan fingerprint density at radius 2 is 1.17 bits per heavy atom. The summed E-state index contributed by atoms with van der Waals surface area (Å²) in [4.78, 5) is 10.8. The SMILES string of the molecule is O=C(CCCCCCCCCCCCCCCNC(=S)S)NO. The summed E-state index contributed by atoms with van der Waals surface area (Å²) in [5.41, 5.74) is 1.67. The molecule has 1 amide bonds. The maximum Gasteiger partial charge on any atom is 0.243 e. The van der Waals surface area contributed by atoms with Gasteiger partial charge in [-0.2, -0.15) is 0 Å². The topological polar surface area (TPSA) is 61.4 Å². The number of rotatable bonds is 16. The third-order valence-electron chi connectivity index (χ3n) is 3.98. The Labute approximate surface area is 152 Å². The van der Waals surface area contributed by atoms with Gasteiger partial charge in [-0.1, -0.05) is 82.8 Å². The molecule has 0 aromatic heterocycles. The first kappa shape index (κ1) is 22.7. The highest BCUT2D eigenvalue weighted by Crippen LogP contribution is 2.12. The Hall–Kier alpha value is -0.330. The number of thiol groups is 1. The van der Waals surface area contributed by atoms with Crippen molar-refractivity contribution >= 4 is 35.1 Å². The molecule has 0 aromatic carbocycles. The number of carbonyl (C=O) groups is 1. The van der Waals surface area contributed by atoms with Crippen molar-refractivity contribution in [2.45, 2.75) is 89.9 Å².